The molecule has 4 aromatic rings. The fourth-order valence-corrected chi connectivity index (χ4v) is 2.68. The molecular formula is C21H17FeN4+3. The van der Waals surface area contributed by atoms with Crippen LogP contribution in [0.3, 0.4) is 0 Å². The second kappa shape index (κ2) is 8.00. The van der Waals surface area contributed by atoms with E-state index in [-0.39, 0.29) is 17.1 Å². The van der Waals surface area contributed by atoms with Crippen molar-refractivity contribution in [3.63, 3.8) is 0 Å². The van der Waals surface area contributed by atoms with E-state index in [0.29, 0.717) is 0 Å². The second-order valence-corrected chi connectivity index (χ2v) is 5.81. The Bertz CT molecular complexity index is 930. The van der Waals surface area contributed by atoms with Gasteiger partial charge >= 0.3 is 17.1 Å². The van der Waals surface area contributed by atoms with E-state index >= 15 is 0 Å². The van der Waals surface area contributed by atoms with Crippen LogP contribution in [0, 0.1) is 0 Å². The van der Waals surface area contributed by atoms with E-state index in [4.69, 9.17) is 4.98 Å². The molecule has 0 saturated heterocycles. The molecular weight excluding hydrogens is 364 g/mol. The third kappa shape index (κ3) is 3.85. The summed E-state index contributed by atoms with van der Waals surface area (Å²) in [5, 5.41) is 0. The molecule has 0 aliphatic heterocycles. The van der Waals surface area contributed by atoms with Crippen molar-refractivity contribution in [2.45, 2.75) is 0 Å². The summed E-state index contributed by atoms with van der Waals surface area (Å²) in [5.41, 5.74) is 5.61. The van der Waals surface area contributed by atoms with Gasteiger partial charge in [0.1, 0.15) is 7.05 Å². The summed E-state index contributed by atoms with van der Waals surface area (Å²) in [6.07, 6.45) is 7.65. The Balaban J connectivity index is 0.00000196. The van der Waals surface area contributed by atoms with Crippen LogP contribution in [0.2, 0.25) is 0 Å². The zero-order valence-corrected chi connectivity index (χ0v) is 15.3. The van der Waals surface area contributed by atoms with Gasteiger partial charge in [-0.25, -0.2) is 9.55 Å². The van der Waals surface area contributed by atoms with Crippen LogP contribution in [0.25, 0.3) is 33.9 Å². The van der Waals surface area contributed by atoms with Crippen molar-refractivity contribution in [3.8, 4) is 33.9 Å². The van der Waals surface area contributed by atoms with Gasteiger partial charge in [-0.2, -0.15) is 0 Å². The van der Waals surface area contributed by atoms with Crippen molar-refractivity contribution in [2.24, 2.45) is 7.05 Å². The molecule has 0 bridgehead atoms. The van der Waals surface area contributed by atoms with Crippen molar-refractivity contribution in [2.75, 3.05) is 0 Å². The van der Waals surface area contributed by atoms with Gasteiger partial charge in [0.05, 0.1) is 22.8 Å². The van der Waals surface area contributed by atoms with E-state index in [1.54, 1.807) is 12.4 Å². The van der Waals surface area contributed by atoms with E-state index in [2.05, 4.69) is 34.2 Å². The van der Waals surface area contributed by atoms with Gasteiger partial charge in [0.2, 0.25) is 0 Å². The van der Waals surface area contributed by atoms with Crippen molar-refractivity contribution < 1.29 is 21.6 Å². The summed E-state index contributed by atoms with van der Waals surface area (Å²) in [6.45, 7) is 0. The summed E-state index contributed by atoms with van der Waals surface area (Å²) >= 11 is 0. The molecule has 126 valence electrons. The Morgan fingerprint density at radius 2 is 1.19 bits per heavy atom. The van der Waals surface area contributed by atoms with Crippen molar-refractivity contribution in [1.82, 2.24) is 15.0 Å². The van der Waals surface area contributed by atoms with Gasteiger partial charge in [0.25, 0.3) is 0 Å². The fraction of sp³-hybridized carbons (Fsp3) is 0.0476. The Morgan fingerprint density at radius 3 is 1.65 bits per heavy atom. The molecule has 0 amide bonds. The third-order valence-electron chi connectivity index (χ3n) is 3.99. The summed E-state index contributed by atoms with van der Waals surface area (Å²) < 4.78 is 2.02. The van der Waals surface area contributed by atoms with E-state index < -0.39 is 0 Å². The molecule has 0 spiro atoms. The molecule has 0 atom stereocenters. The Labute approximate surface area is 163 Å². The molecule has 0 saturated carbocycles. The number of pyridine rings is 4. The number of hydrogen-bond acceptors (Lipinski definition) is 3. The maximum atomic E-state index is 4.79. The summed E-state index contributed by atoms with van der Waals surface area (Å²) in [6, 6.07) is 20.0. The molecule has 0 radical (unpaired) electrons. The van der Waals surface area contributed by atoms with Crippen LogP contribution in [0.1, 0.15) is 0 Å². The average Bonchev–Trinajstić information content (AvgIpc) is 2.69. The minimum Gasteiger partial charge on any atom is -0.255 e. The third-order valence-corrected chi connectivity index (χ3v) is 3.99. The van der Waals surface area contributed by atoms with Gasteiger partial charge in [0, 0.05) is 24.5 Å². The molecule has 26 heavy (non-hydrogen) atoms. The molecule has 4 rings (SSSR count). The molecule has 0 unspecified atom stereocenters. The minimum atomic E-state index is 0. The standard InChI is InChI=1S/C21H17N4.Fe/c1-25-12-8-16(9-13-25)17-14-20(18-6-2-4-10-22-18)24-21(15-17)19-7-3-5-11-23-19;/h2-15H,1H3;/q+1;+2. The van der Waals surface area contributed by atoms with Crippen LogP contribution in [0.15, 0.2) is 85.5 Å². The minimum absolute atomic E-state index is 0. The molecule has 0 aromatic carbocycles. The zero-order valence-electron chi connectivity index (χ0n) is 14.2. The van der Waals surface area contributed by atoms with Gasteiger partial charge in [-0.3, -0.25) is 9.97 Å². The summed E-state index contributed by atoms with van der Waals surface area (Å²) in [5.74, 6) is 0. The smallest absolute Gasteiger partial charge is 0.255 e. The second-order valence-electron chi connectivity index (χ2n) is 5.81. The van der Waals surface area contributed by atoms with Crippen LogP contribution >= 0.6 is 0 Å². The van der Waals surface area contributed by atoms with Gasteiger partial charge in [0.15, 0.2) is 12.4 Å². The Morgan fingerprint density at radius 1 is 0.654 bits per heavy atom. The molecule has 0 aliphatic carbocycles. The van der Waals surface area contributed by atoms with Crippen molar-refractivity contribution in [1.29, 1.82) is 0 Å². The fourth-order valence-electron chi connectivity index (χ4n) is 2.68. The van der Waals surface area contributed by atoms with Crippen LogP contribution < -0.4 is 4.57 Å². The van der Waals surface area contributed by atoms with Gasteiger partial charge in [-0.05, 0) is 47.5 Å². The Hall–Kier alpha value is -2.88. The quantitative estimate of drug-likeness (QED) is 0.402. The van der Waals surface area contributed by atoms with Gasteiger partial charge < -0.3 is 0 Å². The zero-order chi connectivity index (χ0) is 17.1. The molecule has 5 heteroatoms. The van der Waals surface area contributed by atoms with Crippen molar-refractivity contribution >= 4 is 0 Å². The monoisotopic (exact) mass is 381 g/mol. The van der Waals surface area contributed by atoms with E-state index in [0.717, 1.165) is 33.9 Å². The number of nitrogens with zero attached hydrogens (tertiary/aromatic N) is 4. The predicted molar refractivity (Wildman–Crippen MR) is 97.3 cm³/mol. The van der Waals surface area contributed by atoms with E-state index in [9.17, 15) is 0 Å². The molecule has 0 N–H and O–H groups in total. The number of aromatic nitrogens is 4. The first-order valence-electron chi connectivity index (χ1n) is 8.10. The van der Waals surface area contributed by atoms with Crippen molar-refractivity contribution in [3.05, 3.63) is 85.5 Å². The average molecular weight is 381 g/mol. The van der Waals surface area contributed by atoms with Crippen LogP contribution in [-0.4, -0.2) is 15.0 Å². The van der Waals surface area contributed by atoms with E-state index in [1.807, 2.05) is 60.4 Å². The molecule has 4 heterocycles. The van der Waals surface area contributed by atoms with E-state index in [1.165, 1.54) is 0 Å². The van der Waals surface area contributed by atoms with Crippen LogP contribution in [0.4, 0.5) is 0 Å². The summed E-state index contributed by atoms with van der Waals surface area (Å²) in [4.78, 5) is 13.7. The maximum absolute atomic E-state index is 4.79. The molecule has 4 aromatic heterocycles. The van der Waals surface area contributed by atoms with Gasteiger partial charge in [-0.15, -0.1) is 0 Å². The molecule has 4 nitrogen and oxygen atoms in total. The first-order chi connectivity index (χ1) is 12.3. The maximum Gasteiger partial charge on any atom is 2.00 e. The predicted octanol–water partition coefficient (Wildman–Crippen LogP) is 3.69. The number of hydrogen-bond donors (Lipinski definition) is 0. The first kappa shape index (κ1) is 17.9. The SMILES string of the molecule is C[n+]1ccc(-c2cc(-c3ccccn3)nc(-c3ccccn3)c2)cc1.[Fe+2]. The van der Waals surface area contributed by atoms with Gasteiger partial charge in [-0.1, -0.05) is 12.1 Å². The largest absolute Gasteiger partial charge is 2.00 e. The molecule has 0 aliphatic rings. The summed E-state index contributed by atoms with van der Waals surface area (Å²) in [7, 11) is 2.01. The number of aryl methyl sites for hydroxylation is 1. The topological polar surface area (TPSA) is 42.5 Å². The Kier molecular flexibility index (Phi) is 5.52. The van der Waals surface area contributed by atoms with Crippen LogP contribution in [0.5, 0.6) is 0 Å². The molecule has 0 fully saturated rings. The number of rotatable bonds is 3. The first-order valence-corrected chi connectivity index (χ1v) is 8.10. The normalized spacial score (nSPS) is 10.2. The van der Waals surface area contributed by atoms with Crippen LogP contribution in [-0.2, 0) is 24.1 Å².